The Kier molecular flexibility index (Phi) is 5.94. The number of carbonyl (C=O) groups excluding carboxylic acids is 1. The van der Waals surface area contributed by atoms with Crippen LogP contribution in [0.5, 0.6) is 11.5 Å². The topological polar surface area (TPSA) is 55.6 Å². The molecular weight excluding hydrogens is 390 g/mol. The lowest BCUT2D eigenvalue weighted by atomic mass is 9.98. The summed E-state index contributed by atoms with van der Waals surface area (Å²) in [6.07, 6.45) is 2.11. The Bertz CT molecular complexity index is 831. The van der Waals surface area contributed by atoms with E-state index in [1.54, 1.807) is 18.2 Å². The zero-order valence-electron chi connectivity index (χ0n) is 14.6. The minimum absolute atomic E-state index is 0. The largest absolute Gasteiger partial charge is 0.457 e. The molecule has 2 aromatic carbocycles. The number of hydrogen-bond acceptors (Lipinski definition) is 3. The quantitative estimate of drug-likeness (QED) is 0.809. The van der Waals surface area contributed by atoms with E-state index in [4.69, 9.17) is 22.1 Å². The van der Waals surface area contributed by atoms with Crippen LogP contribution in [-0.4, -0.2) is 29.9 Å². The van der Waals surface area contributed by atoms with E-state index in [9.17, 15) is 9.18 Å². The number of ether oxygens (including phenoxy) is 1. The molecule has 2 aromatic rings. The molecule has 4 rings (SSSR count). The maximum absolute atomic E-state index is 13.1. The molecule has 0 aromatic heterocycles. The Labute approximate surface area is 168 Å². The van der Waals surface area contributed by atoms with Crippen molar-refractivity contribution in [2.45, 2.75) is 18.9 Å². The van der Waals surface area contributed by atoms with Gasteiger partial charge >= 0.3 is 0 Å². The van der Waals surface area contributed by atoms with E-state index < -0.39 is 0 Å². The summed E-state index contributed by atoms with van der Waals surface area (Å²) in [6.45, 7) is 1.40. The molecule has 1 saturated heterocycles. The molecule has 2 aliphatic rings. The molecule has 1 aliphatic carbocycles. The maximum atomic E-state index is 13.1. The lowest BCUT2D eigenvalue weighted by molar-refractivity contribution is 0.0777. The number of benzene rings is 2. The van der Waals surface area contributed by atoms with Crippen LogP contribution in [0.3, 0.4) is 0 Å². The summed E-state index contributed by atoms with van der Waals surface area (Å²) < 4.78 is 18.9. The lowest BCUT2D eigenvalue weighted by Gasteiger charge is -2.20. The molecule has 0 spiro atoms. The number of amides is 1. The van der Waals surface area contributed by atoms with E-state index in [2.05, 4.69) is 0 Å². The minimum atomic E-state index is -0.343. The first-order valence-corrected chi connectivity index (χ1v) is 9.17. The van der Waals surface area contributed by atoms with Gasteiger partial charge in [0.05, 0.1) is 5.56 Å². The van der Waals surface area contributed by atoms with Crippen molar-refractivity contribution in [2.75, 3.05) is 13.1 Å². The van der Waals surface area contributed by atoms with Crippen LogP contribution >= 0.6 is 24.0 Å². The maximum Gasteiger partial charge on any atom is 0.257 e. The van der Waals surface area contributed by atoms with E-state index in [0.717, 1.165) is 19.4 Å². The number of nitrogens with zero attached hydrogens (tertiary/aromatic N) is 1. The van der Waals surface area contributed by atoms with Crippen molar-refractivity contribution < 1.29 is 13.9 Å². The molecule has 7 heteroatoms. The fourth-order valence-corrected chi connectivity index (χ4v) is 4.20. The van der Waals surface area contributed by atoms with Crippen molar-refractivity contribution in [3.63, 3.8) is 0 Å². The number of fused-ring (bicyclic) bond motifs is 1. The number of halogens is 3. The fraction of sp³-hybridized carbons (Fsp3) is 0.350. The van der Waals surface area contributed by atoms with Crippen LogP contribution in [-0.2, 0) is 0 Å². The van der Waals surface area contributed by atoms with Gasteiger partial charge in [-0.3, -0.25) is 4.79 Å². The highest BCUT2D eigenvalue weighted by molar-refractivity contribution is 6.31. The fourth-order valence-electron chi connectivity index (χ4n) is 4.03. The average molecular weight is 411 g/mol. The molecule has 4 nitrogen and oxygen atoms in total. The highest BCUT2D eigenvalue weighted by Gasteiger charge is 2.43. The van der Waals surface area contributed by atoms with Crippen LogP contribution in [0.25, 0.3) is 0 Å². The number of likely N-dealkylation sites (tertiary alicyclic amines) is 1. The highest BCUT2D eigenvalue weighted by Crippen LogP contribution is 2.38. The number of nitrogens with two attached hydrogens (primary N) is 1. The third-order valence-corrected chi connectivity index (χ3v) is 5.65. The van der Waals surface area contributed by atoms with Crippen LogP contribution in [0, 0.1) is 17.7 Å². The van der Waals surface area contributed by atoms with Crippen LogP contribution in [0.2, 0.25) is 5.02 Å². The van der Waals surface area contributed by atoms with E-state index in [-0.39, 0.29) is 30.2 Å². The molecule has 2 fully saturated rings. The van der Waals surface area contributed by atoms with E-state index in [1.807, 2.05) is 4.90 Å². The molecule has 1 heterocycles. The first-order valence-electron chi connectivity index (χ1n) is 8.79. The summed E-state index contributed by atoms with van der Waals surface area (Å²) >= 11 is 6.11. The van der Waals surface area contributed by atoms with Crippen molar-refractivity contribution in [2.24, 2.45) is 17.6 Å². The van der Waals surface area contributed by atoms with Gasteiger partial charge in [-0.25, -0.2) is 4.39 Å². The molecule has 27 heavy (non-hydrogen) atoms. The van der Waals surface area contributed by atoms with E-state index in [1.165, 1.54) is 24.3 Å². The first kappa shape index (κ1) is 19.9. The summed E-state index contributed by atoms with van der Waals surface area (Å²) in [5, 5.41) is 0.468. The Morgan fingerprint density at radius 1 is 1.15 bits per heavy atom. The molecule has 2 N–H and O–H groups in total. The molecule has 3 unspecified atom stereocenters. The molecule has 3 atom stereocenters. The molecule has 1 aliphatic heterocycles. The van der Waals surface area contributed by atoms with Crippen molar-refractivity contribution >= 4 is 29.9 Å². The van der Waals surface area contributed by atoms with Gasteiger partial charge in [0.1, 0.15) is 17.3 Å². The van der Waals surface area contributed by atoms with Gasteiger partial charge < -0.3 is 15.4 Å². The van der Waals surface area contributed by atoms with E-state index in [0.29, 0.717) is 40.5 Å². The average Bonchev–Trinajstić information content (AvgIpc) is 3.20. The predicted octanol–water partition coefficient (Wildman–Crippen LogP) is 4.50. The molecular formula is C20H21Cl2FN2O2. The van der Waals surface area contributed by atoms with Gasteiger partial charge in [-0.05, 0) is 67.1 Å². The minimum Gasteiger partial charge on any atom is -0.457 e. The third-order valence-electron chi connectivity index (χ3n) is 5.41. The zero-order valence-corrected chi connectivity index (χ0v) is 16.2. The van der Waals surface area contributed by atoms with Crippen LogP contribution in [0.1, 0.15) is 23.2 Å². The normalized spacial score (nSPS) is 23.7. The summed E-state index contributed by atoms with van der Waals surface area (Å²) in [7, 11) is 0. The second-order valence-electron chi connectivity index (χ2n) is 7.07. The van der Waals surface area contributed by atoms with Crippen LogP contribution in [0.4, 0.5) is 4.39 Å². The Morgan fingerprint density at radius 3 is 2.59 bits per heavy atom. The van der Waals surface area contributed by atoms with Gasteiger partial charge in [0.15, 0.2) is 0 Å². The van der Waals surface area contributed by atoms with Gasteiger partial charge in [0.2, 0.25) is 0 Å². The Hall–Kier alpha value is -1.82. The summed E-state index contributed by atoms with van der Waals surface area (Å²) in [5.41, 5.74) is 6.59. The second kappa shape index (κ2) is 8.05. The highest BCUT2D eigenvalue weighted by atomic mass is 35.5. The lowest BCUT2D eigenvalue weighted by Crippen LogP contribution is -2.33. The molecule has 144 valence electrons. The monoisotopic (exact) mass is 410 g/mol. The van der Waals surface area contributed by atoms with Gasteiger partial charge in [0.25, 0.3) is 5.91 Å². The second-order valence-corrected chi connectivity index (χ2v) is 7.51. The van der Waals surface area contributed by atoms with Crippen LogP contribution in [0.15, 0.2) is 42.5 Å². The van der Waals surface area contributed by atoms with Crippen molar-refractivity contribution in [3.8, 4) is 11.5 Å². The Morgan fingerprint density at radius 2 is 1.89 bits per heavy atom. The van der Waals surface area contributed by atoms with Crippen molar-refractivity contribution in [3.05, 3.63) is 58.9 Å². The van der Waals surface area contributed by atoms with Crippen LogP contribution < -0.4 is 10.5 Å². The molecule has 0 radical (unpaired) electrons. The third kappa shape index (κ3) is 4.05. The van der Waals surface area contributed by atoms with Gasteiger partial charge in [-0.15, -0.1) is 12.4 Å². The van der Waals surface area contributed by atoms with Gasteiger partial charge in [0, 0.05) is 24.2 Å². The van der Waals surface area contributed by atoms with Gasteiger partial charge in [-0.2, -0.15) is 0 Å². The van der Waals surface area contributed by atoms with Crippen molar-refractivity contribution in [1.29, 1.82) is 0 Å². The zero-order chi connectivity index (χ0) is 18.3. The first-order chi connectivity index (χ1) is 12.5. The van der Waals surface area contributed by atoms with Crippen molar-refractivity contribution in [1.82, 2.24) is 4.90 Å². The Balaban J connectivity index is 0.00000210. The predicted molar refractivity (Wildman–Crippen MR) is 105 cm³/mol. The van der Waals surface area contributed by atoms with Gasteiger partial charge in [-0.1, -0.05) is 11.6 Å². The number of hydrogen-bond donors (Lipinski definition) is 1. The summed E-state index contributed by atoms with van der Waals surface area (Å²) in [5.74, 6) is 1.28. The number of carbonyl (C=O) groups is 1. The molecule has 1 amide bonds. The standard InChI is InChI=1S/C20H20ClFN2O2.ClH/c21-13-2-8-19(26-15-5-3-14(22)4-6-15)16(9-13)20(25)24-10-12-1-7-18(23)17(12)11-24;/h2-6,8-9,12,17-18H,1,7,10-11,23H2;1H. The smallest absolute Gasteiger partial charge is 0.257 e. The molecule has 0 bridgehead atoms. The SMILES string of the molecule is Cl.NC1CCC2CN(C(=O)c3cc(Cl)ccc3Oc3ccc(F)cc3)CC12. The number of rotatable bonds is 3. The summed E-state index contributed by atoms with van der Waals surface area (Å²) in [4.78, 5) is 14.9. The molecule has 1 saturated carbocycles. The summed E-state index contributed by atoms with van der Waals surface area (Å²) in [6, 6.07) is 10.8. The van der Waals surface area contributed by atoms with E-state index >= 15 is 0 Å².